The number of rotatable bonds is 4. The van der Waals surface area contributed by atoms with Crippen LogP contribution in [-0.4, -0.2) is 16.4 Å². The van der Waals surface area contributed by atoms with Gasteiger partial charge >= 0.3 is 6.16 Å². The average molecular weight is 330 g/mol. The highest BCUT2D eigenvalue weighted by atomic mass is 16.6. The number of carboxylic acid groups (broad SMARTS) is 2. The molecule has 3 nitrogen and oxygen atoms in total. The second-order valence-electron chi connectivity index (χ2n) is 5.33. The zero-order valence-corrected chi connectivity index (χ0v) is 15.2. The first kappa shape index (κ1) is 21.7. The first-order chi connectivity index (χ1) is 11.5. The lowest BCUT2D eigenvalue weighted by atomic mass is 10.1. The summed E-state index contributed by atoms with van der Waals surface area (Å²) in [5.41, 5.74) is 5.71. The van der Waals surface area contributed by atoms with Crippen LogP contribution in [0.1, 0.15) is 49.9 Å². The Morgan fingerprint density at radius 3 is 0.792 bits per heavy atom. The lowest BCUT2D eigenvalue weighted by molar-refractivity contribution is 0.137. The summed E-state index contributed by atoms with van der Waals surface area (Å²) in [7, 11) is 0. The van der Waals surface area contributed by atoms with Gasteiger partial charge in [0.05, 0.1) is 0 Å². The monoisotopic (exact) mass is 330 g/mol. The van der Waals surface area contributed by atoms with Crippen LogP contribution in [0.15, 0.2) is 48.5 Å². The van der Waals surface area contributed by atoms with Crippen LogP contribution in [-0.2, 0) is 25.7 Å². The van der Waals surface area contributed by atoms with E-state index in [1.165, 1.54) is 22.3 Å². The molecule has 0 aromatic heterocycles. The van der Waals surface area contributed by atoms with Gasteiger partial charge in [0.1, 0.15) is 0 Å². The van der Waals surface area contributed by atoms with E-state index in [0.29, 0.717) is 0 Å². The normalized spacial score (nSPS) is 9.17. The summed E-state index contributed by atoms with van der Waals surface area (Å²) in [5.74, 6) is 0. The third kappa shape index (κ3) is 10.4. The zero-order chi connectivity index (χ0) is 18.4. The van der Waals surface area contributed by atoms with Crippen molar-refractivity contribution in [2.75, 3.05) is 0 Å². The lowest BCUT2D eigenvalue weighted by Crippen LogP contribution is -1.81. The molecule has 0 amide bonds. The molecule has 0 bridgehead atoms. The van der Waals surface area contributed by atoms with E-state index in [-0.39, 0.29) is 0 Å². The predicted molar refractivity (Wildman–Crippen MR) is 101 cm³/mol. The third-order valence-electron chi connectivity index (χ3n) is 3.68. The first-order valence-electron chi connectivity index (χ1n) is 8.54. The molecule has 0 heterocycles. The summed E-state index contributed by atoms with van der Waals surface area (Å²) < 4.78 is 0. The molecule has 0 spiro atoms. The standard InChI is InChI=1S/2C10H14.CH2O3/c2*1-3-9-5-7-10(4-2)8-6-9;2-1(3)4/h2*5-8H,3-4H2,1-2H3;(H2,2,3,4). The molecule has 0 atom stereocenters. The highest BCUT2D eigenvalue weighted by molar-refractivity contribution is 5.53. The van der Waals surface area contributed by atoms with Crippen molar-refractivity contribution < 1.29 is 15.0 Å². The van der Waals surface area contributed by atoms with Gasteiger partial charge in [-0.1, -0.05) is 76.2 Å². The fraction of sp³-hybridized carbons (Fsp3) is 0.381. The summed E-state index contributed by atoms with van der Waals surface area (Å²) >= 11 is 0. The molecule has 2 aromatic rings. The maximum absolute atomic E-state index is 8.56. The molecule has 0 aliphatic carbocycles. The van der Waals surface area contributed by atoms with E-state index in [1.54, 1.807) is 0 Å². The Hall–Kier alpha value is -2.29. The quantitative estimate of drug-likeness (QED) is 0.740. The molecular weight excluding hydrogens is 300 g/mol. The van der Waals surface area contributed by atoms with Gasteiger partial charge in [0.15, 0.2) is 0 Å². The summed E-state index contributed by atoms with van der Waals surface area (Å²) in [6.07, 6.45) is 2.74. The van der Waals surface area contributed by atoms with E-state index in [4.69, 9.17) is 15.0 Å². The van der Waals surface area contributed by atoms with Crippen molar-refractivity contribution in [3.05, 3.63) is 70.8 Å². The molecule has 2 N–H and O–H groups in total. The highest BCUT2D eigenvalue weighted by Crippen LogP contribution is 2.05. The van der Waals surface area contributed by atoms with Crippen LogP contribution in [0.3, 0.4) is 0 Å². The van der Waals surface area contributed by atoms with E-state index in [9.17, 15) is 0 Å². The molecule has 24 heavy (non-hydrogen) atoms. The van der Waals surface area contributed by atoms with Gasteiger partial charge in [-0.25, -0.2) is 4.79 Å². The third-order valence-corrected chi connectivity index (χ3v) is 3.68. The van der Waals surface area contributed by atoms with Crippen LogP contribution < -0.4 is 0 Å². The number of hydrogen-bond acceptors (Lipinski definition) is 1. The van der Waals surface area contributed by atoms with Gasteiger partial charge in [-0.05, 0) is 47.9 Å². The van der Waals surface area contributed by atoms with E-state index in [1.807, 2.05) is 0 Å². The van der Waals surface area contributed by atoms with E-state index < -0.39 is 6.16 Å². The van der Waals surface area contributed by atoms with E-state index in [0.717, 1.165) is 25.7 Å². The Morgan fingerprint density at radius 1 is 0.583 bits per heavy atom. The Morgan fingerprint density at radius 2 is 0.708 bits per heavy atom. The minimum Gasteiger partial charge on any atom is -0.450 e. The maximum Gasteiger partial charge on any atom is 0.503 e. The first-order valence-corrected chi connectivity index (χ1v) is 8.54. The zero-order valence-electron chi connectivity index (χ0n) is 15.2. The van der Waals surface area contributed by atoms with Gasteiger partial charge in [-0.2, -0.15) is 0 Å². The lowest BCUT2D eigenvalue weighted by Gasteiger charge is -1.97. The second kappa shape index (κ2) is 13.2. The largest absolute Gasteiger partial charge is 0.503 e. The Kier molecular flexibility index (Phi) is 11.9. The topological polar surface area (TPSA) is 57.5 Å². The molecule has 0 saturated heterocycles. The molecular formula is C21H30O3. The van der Waals surface area contributed by atoms with Crippen molar-refractivity contribution in [1.29, 1.82) is 0 Å². The Balaban J connectivity index is 0.000000363. The molecule has 0 aliphatic heterocycles. The number of carbonyl (C=O) groups is 1. The predicted octanol–water partition coefficient (Wildman–Crippen LogP) is 5.85. The van der Waals surface area contributed by atoms with Gasteiger partial charge in [-0.15, -0.1) is 0 Å². The summed E-state index contributed by atoms with van der Waals surface area (Å²) in [6, 6.07) is 17.7. The van der Waals surface area contributed by atoms with Crippen molar-refractivity contribution in [3.8, 4) is 0 Å². The molecule has 3 heteroatoms. The summed E-state index contributed by atoms with van der Waals surface area (Å²) in [5, 5.41) is 13.9. The van der Waals surface area contributed by atoms with Crippen molar-refractivity contribution in [1.82, 2.24) is 0 Å². The molecule has 2 rings (SSSR count). The second-order valence-corrected chi connectivity index (χ2v) is 5.33. The Labute approximate surface area is 146 Å². The van der Waals surface area contributed by atoms with Crippen molar-refractivity contribution in [2.45, 2.75) is 53.4 Å². The molecule has 0 saturated carbocycles. The van der Waals surface area contributed by atoms with Crippen LogP contribution in [0.2, 0.25) is 0 Å². The van der Waals surface area contributed by atoms with Gasteiger partial charge in [0, 0.05) is 0 Å². The fourth-order valence-corrected chi connectivity index (χ4v) is 2.02. The van der Waals surface area contributed by atoms with Crippen molar-refractivity contribution in [2.24, 2.45) is 0 Å². The van der Waals surface area contributed by atoms with Gasteiger partial charge < -0.3 is 10.2 Å². The number of benzene rings is 2. The van der Waals surface area contributed by atoms with E-state index in [2.05, 4.69) is 76.2 Å². The highest BCUT2D eigenvalue weighted by Gasteiger charge is 1.89. The smallest absolute Gasteiger partial charge is 0.450 e. The molecule has 0 unspecified atom stereocenters. The SMILES string of the molecule is CCc1ccc(CC)cc1.CCc1ccc(CC)cc1.O=C(O)O. The molecule has 0 fully saturated rings. The van der Waals surface area contributed by atoms with Crippen LogP contribution in [0.4, 0.5) is 4.79 Å². The van der Waals surface area contributed by atoms with Gasteiger partial charge in [-0.3, -0.25) is 0 Å². The minimum absolute atomic E-state index is 1.14. The minimum atomic E-state index is -1.83. The van der Waals surface area contributed by atoms with Crippen LogP contribution in [0, 0.1) is 0 Å². The van der Waals surface area contributed by atoms with Gasteiger partial charge in [0.25, 0.3) is 0 Å². The fourth-order valence-electron chi connectivity index (χ4n) is 2.02. The van der Waals surface area contributed by atoms with Crippen molar-refractivity contribution >= 4 is 6.16 Å². The number of hydrogen-bond donors (Lipinski definition) is 2. The molecule has 2 aromatic carbocycles. The van der Waals surface area contributed by atoms with Crippen LogP contribution in [0.25, 0.3) is 0 Å². The van der Waals surface area contributed by atoms with E-state index >= 15 is 0 Å². The van der Waals surface area contributed by atoms with Crippen molar-refractivity contribution in [3.63, 3.8) is 0 Å². The van der Waals surface area contributed by atoms with Gasteiger partial charge in [0.2, 0.25) is 0 Å². The molecule has 132 valence electrons. The maximum atomic E-state index is 8.56. The summed E-state index contributed by atoms with van der Waals surface area (Å²) in [4.78, 5) is 8.56. The Bertz CT molecular complexity index is 459. The van der Waals surface area contributed by atoms with Crippen LogP contribution >= 0.6 is 0 Å². The van der Waals surface area contributed by atoms with Crippen LogP contribution in [0.5, 0.6) is 0 Å². The summed E-state index contributed by atoms with van der Waals surface area (Å²) in [6.45, 7) is 8.73. The average Bonchev–Trinajstić information content (AvgIpc) is 2.62. The molecule has 0 radical (unpaired) electrons. The number of aryl methyl sites for hydroxylation is 4. The molecule has 0 aliphatic rings.